The highest BCUT2D eigenvalue weighted by Crippen LogP contribution is 2.27. The Kier molecular flexibility index (Phi) is 3.34. The molecule has 2 rings (SSSR count). The van der Waals surface area contributed by atoms with E-state index in [0.717, 1.165) is 0 Å². The highest BCUT2D eigenvalue weighted by atomic mass is 14.9. The molecule has 1 unspecified atom stereocenters. The summed E-state index contributed by atoms with van der Waals surface area (Å²) in [5.41, 5.74) is 3.29. The minimum Gasteiger partial charge on any atom is -0.314 e. The molecule has 0 bridgehead atoms. The van der Waals surface area contributed by atoms with Gasteiger partial charge in [0.2, 0.25) is 0 Å². The predicted molar refractivity (Wildman–Crippen MR) is 69.9 cm³/mol. The molecule has 1 heterocycles. The van der Waals surface area contributed by atoms with Crippen LogP contribution in [0.4, 0.5) is 0 Å². The highest BCUT2D eigenvalue weighted by molar-refractivity contribution is 5.33. The van der Waals surface area contributed by atoms with Crippen molar-refractivity contribution in [1.29, 1.82) is 0 Å². The van der Waals surface area contributed by atoms with Crippen LogP contribution in [-0.2, 0) is 11.8 Å². The average molecular weight is 217 g/mol. The van der Waals surface area contributed by atoms with E-state index in [2.05, 4.69) is 50.4 Å². The summed E-state index contributed by atoms with van der Waals surface area (Å²) in [5, 5.41) is 3.58. The first-order valence-corrected chi connectivity index (χ1v) is 6.39. The van der Waals surface area contributed by atoms with Crippen LogP contribution in [0.1, 0.15) is 44.7 Å². The lowest BCUT2D eigenvalue weighted by Gasteiger charge is -2.24. The largest absolute Gasteiger partial charge is 0.314 e. The van der Waals surface area contributed by atoms with E-state index in [1.54, 1.807) is 0 Å². The molecule has 1 aromatic rings. The van der Waals surface area contributed by atoms with Crippen molar-refractivity contribution in [2.75, 3.05) is 6.54 Å². The Morgan fingerprint density at radius 3 is 2.62 bits per heavy atom. The van der Waals surface area contributed by atoms with Crippen molar-refractivity contribution in [3.63, 3.8) is 0 Å². The van der Waals surface area contributed by atoms with Crippen LogP contribution in [0.5, 0.6) is 0 Å². The van der Waals surface area contributed by atoms with Crippen LogP contribution in [0, 0.1) is 0 Å². The summed E-state index contributed by atoms with van der Waals surface area (Å²) in [6, 6.07) is 9.60. The lowest BCUT2D eigenvalue weighted by molar-refractivity contribution is 0.559. The van der Waals surface area contributed by atoms with E-state index in [1.807, 2.05) is 0 Å². The zero-order valence-corrected chi connectivity index (χ0v) is 10.7. The lowest BCUT2D eigenvalue weighted by atomic mass is 9.82. The van der Waals surface area contributed by atoms with Gasteiger partial charge in [0.25, 0.3) is 0 Å². The van der Waals surface area contributed by atoms with Crippen molar-refractivity contribution in [1.82, 2.24) is 5.32 Å². The van der Waals surface area contributed by atoms with Gasteiger partial charge in [-0.15, -0.1) is 0 Å². The number of nitrogens with one attached hydrogen (secondary N) is 1. The summed E-state index contributed by atoms with van der Waals surface area (Å²) in [6.45, 7) is 8.10. The lowest BCUT2D eigenvalue weighted by Crippen LogP contribution is -2.25. The summed E-state index contributed by atoms with van der Waals surface area (Å²) in [4.78, 5) is 0. The van der Waals surface area contributed by atoms with Gasteiger partial charge in [0, 0.05) is 6.04 Å². The second kappa shape index (κ2) is 4.58. The van der Waals surface area contributed by atoms with Gasteiger partial charge < -0.3 is 5.32 Å². The van der Waals surface area contributed by atoms with E-state index < -0.39 is 0 Å². The van der Waals surface area contributed by atoms with Crippen LogP contribution in [0.2, 0.25) is 0 Å². The third-order valence-electron chi connectivity index (χ3n) is 3.45. The Hall–Kier alpha value is -0.820. The standard InChI is InChI=1S/C15H23N/c1-15(2,3)14-9-5-4-7-12(14)11-13-8-6-10-16-13/h4-5,7,9,13,16H,6,8,10-11H2,1-3H3. The number of hydrogen-bond acceptors (Lipinski definition) is 1. The van der Waals surface area contributed by atoms with Crippen molar-refractivity contribution in [2.45, 2.75) is 51.5 Å². The molecule has 0 aromatic heterocycles. The molecule has 1 atom stereocenters. The van der Waals surface area contributed by atoms with Crippen molar-refractivity contribution >= 4 is 0 Å². The van der Waals surface area contributed by atoms with Gasteiger partial charge in [-0.25, -0.2) is 0 Å². The average Bonchev–Trinajstić information content (AvgIpc) is 2.70. The summed E-state index contributed by atoms with van der Waals surface area (Å²) < 4.78 is 0. The van der Waals surface area contributed by atoms with Gasteiger partial charge in [0.05, 0.1) is 0 Å². The van der Waals surface area contributed by atoms with Gasteiger partial charge in [0.15, 0.2) is 0 Å². The fraction of sp³-hybridized carbons (Fsp3) is 0.600. The maximum atomic E-state index is 3.58. The Balaban J connectivity index is 2.19. The molecule has 1 fully saturated rings. The van der Waals surface area contributed by atoms with Crippen LogP contribution in [0.25, 0.3) is 0 Å². The van der Waals surface area contributed by atoms with E-state index in [0.29, 0.717) is 6.04 Å². The minimum atomic E-state index is 0.259. The fourth-order valence-electron chi connectivity index (χ4n) is 2.63. The van der Waals surface area contributed by atoms with Gasteiger partial charge >= 0.3 is 0 Å². The first-order valence-electron chi connectivity index (χ1n) is 6.39. The number of benzene rings is 1. The minimum absolute atomic E-state index is 0.259. The van der Waals surface area contributed by atoms with Crippen LogP contribution >= 0.6 is 0 Å². The van der Waals surface area contributed by atoms with Crippen LogP contribution < -0.4 is 5.32 Å². The molecule has 1 aromatic carbocycles. The summed E-state index contributed by atoms with van der Waals surface area (Å²) in [7, 11) is 0. The predicted octanol–water partition coefficient (Wildman–Crippen LogP) is 3.28. The normalized spacial score (nSPS) is 21.3. The molecule has 1 saturated heterocycles. The molecular formula is C15H23N. The Morgan fingerprint density at radius 1 is 1.25 bits per heavy atom. The monoisotopic (exact) mass is 217 g/mol. The van der Waals surface area contributed by atoms with Gasteiger partial charge in [-0.2, -0.15) is 0 Å². The number of rotatable bonds is 2. The zero-order valence-electron chi connectivity index (χ0n) is 10.7. The fourth-order valence-corrected chi connectivity index (χ4v) is 2.63. The van der Waals surface area contributed by atoms with E-state index in [1.165, 1.54) is 36.9 Å². The molecular weight excluding hydrogens is 194 g/mol. The van der Waals surface area contributed by atoms with Crippen LogP contribution in [0.15, 0.2) is 24.3 Å². The molecule has 0 radical (unpaired) electrons. The van der Waals surface area contributed by atoms with E-state index in [-0.39, 0.29) is 5.41 Å². The molecule has 0 saturated carbocycles. The Morgan fingerprint density at radius 2 is 2.00 bits per heavy atom. The molecule has 16 heavy (non-hydrogen) atoms. The molecule has 1 aliphatic heterocycles. The topological polar surface area (TPSA) is 12.0 Å². The zero-order chi connectivity index (χ0) is 11.6. The van der Waals surface area contributed by atoms with Gasteiger partial charge in [-0.1, -0.05) is 45.0 Å². The van der Waals surface area contributed by atoms with Gasteiger partial charge in [-0.05, 0) is 42.3 Å². The quantitative estimate of drug-likeness (QED) is 0.801. The number of hydrogen-bond donors (Lipinski definition) is 1. The molecule has 0 aliphatic carbocycles. The Bertz CT molecular complexity index is 343. The second-order valence-corrected chi connectivity index (χ2v) is 5.90. The summed E-state index contributed by atoms with van der Waals surface area (Å²) in [6.07, 6.45) is 3.86. The smallest absolute Gasteiger partial charge is 0.0108 e. The molecule has 88 valence electrons. The van der Waals surface area contributed by atoms with Gasteiger partial charge in [-0.3, -0.25) is 0 Å². The Labute approximate surface area is 99.3 Å². The molecule has 1 aliphatic rings. The molecule has 0 spiro atoms. The molecule has 1 nitrogen and oxygen atoms in total. The van der Waals surface area contributed by atoms with Crippen molar-refractivity contribution in [3.8, 4) is 0 Å². The third kappa shape index (κ3) is 2.65. The first kappa shape index (κ1) is 11.7. The van der Waals surface area contributed by atoms with Crippen LogP contribution in [-0.4, -0.2) is 12.6 Å². The molecule has 1 N–H and O–H groups in total. The molecule has 1 heteroatoms. The van der Waals surface area contributed by atoms with Crippen LogP contribution in [0.3, 0.4) is 0 Å². The maximum absolute atomic E-state index is 3.58. The van der Waals surface area contributed by atoms with E-state index in [4.69, 9.17) is 0 Å². The van der Waals surface area contributed by atoms with Crippen molar-refractivity contribution < 1.29 is 0 Å². The molecule has 0 amide bonds. The summed E-state index contributed by atoms with van der Waals surface area (Å²) in [5.74, 6) is 0. The SMILES string of the molecule is CC(C)(C)c1ccccc1CC1CCCN1. The second-order valence-electron chi connectivity index (χ2n) is 5.90. The summed E-state index contributed by atoms with van der Waals surface area (Å²) >= 11 is 0. The maximum Gasteiger partial charge on any atom is 0.0108 e. The third-order valence-corrected chi connectivity index (χ3v) is 3.45. The van der Waals surface area contributed by atoms with Crippen molar-refractivity contribution in [2.24, 2.45) is 0 Å². The highest BCUT2D eigenvalue weighted by Gasteiger charge is 2.20. The van der Waals surface area contributed by atoms with Gasteiger partial charge in [0.1, 0.15) is 0 Å². The van der Waals surface area contributed by atoms with E-state index in [9.17, 15) is 0 Å². The first-order chi connectivity index (χ1) is 7.57. The van der Waals surface area contributed by atoms with E-state index >= 15 is 0 Å². The van der Waals surface area contributed by atoms with Crippen molar-refractivity contribution in [3.05, 3.63) is 35.4 Å².